The molecule has 3 aromatic carbocycles. The van der Waals surface area contributed by atoms with E-state index < -0.39 is 28.1 Å². The van der Waals surface area contributed by atoms with E-state index in [2.05, 4.69) is 5.32 Å². The normalized spacial score (nSPS) is 12.2. The fourth-order valence-electron chi connectivity index (χ4n) is 3.27. The van der Waals surface area contributed by atoms with E-state index in [1.54, 1.807) is 24.3 Å². The van der Waals surface area contributed by atoms with Gasteiger partial charge in [0.25, 0.3) is 11.6 Å². The first-order valence-corrected chi connectivity index (χ1v) is 8.83. The lowest BCUT2D eigenvalue weighted by Gasteiger charge is -2.18. The summed E-state index contributed by atoms with van der Waals surface area (Å²) in [5, 5.41) is 14.8. The molecule has 0 atom stereocenters. The molecule has 0 heterocycles. The molecule has 0 saturated carbocycles. The van der Waals surface area contributed by atoms with Crippen LogP contribution in [0.4, 0.5) is 11.4 Å². The van der Waals surface area contributed by atoms with Crippen LogP contribution in [-0.4, -0.2) is 22.4 Å². The first-order chi connectivity index (χ1) is 13.9. The fourth-order valence-corrected chi connectivity index (χ4v) is 3.40. The highest BCUT2D eigenvalue weighted by Crippen LogP contribution is 2.35. The smallest absolute Gasteiger partial charge is 0.294 e. The van der Waals surface area contributed by atoms with Crippen LogP contribution in [0.2, 0.25) is 5.02 Å². The number of nitro groups is 1. The van der Waals surface area contributed by atoms with Crippen molar-refractivity contribution in [2.24, 2.45) is 0 Å². The van der Waals surface area contributed by atoms with Gasteiger partial charge in [0, 0.05) is 27.4 Å². The molecule has 1 aliphatic carbocycles. The minimum Gasteiger partial charge on any atom is -0.322 e. The number of amides is 1. The van der Waals surface area contributed by atoms with Crippen molar-refractivity contribution < 1.29 is 19.3 Å². The lowest BCUT2D eigenvalue weighted by Crippen LogP contribution is -2.24. The predicted octanol–water partition coefficient (Wildman–Crippen LogP) is 4.28. The Bertz CT molecular complexity index is 1220. The monoisotopic (exact) mass is 406 g/mol. The number of carbonyl (C=O) groups excluding carboxylic acids is 3. The van der Waals surface area contributed by atoms with E-state index in [-0.39, 0.29) is 27.8 Å². The first kappa shape index (κ1) is 18.5. The van der Waals surface area contributed by atoms with Gasteiger partial charge in [-0.2, -0.15) is 0 Å². The number of anilines is 1. The number of nitrogens with zero attached hydrogens (tertiary/aromatic N) is 1. The maximum absolute atomic E-state index is 12.9. The van der Waals surface area contributed by atoms with Crippen molar-refractivity contribution in [2.45, 2.75) is 0 Å². The molecule has 7 nitrogen and oxygen atoms in total. The third-order valence-electron chi connectivity index (χ3n) is 4.60. The molecule has 1 N–H and O–H groups in total. The Balaban J connectivity index is 1.84. The molecule has 0 fully saturated rings. The van der Waals surface area contributed by atoms with Gasteiger partial charge in [0.15, 0.2) is 5.78 Å². The van der Waals surface area contributed by atoms with Crippen LogP contribution >= 0.6 is 11.6 Å². The zero-order valence-corrected chi connectivity index (χ0v) is 15.4. The number of nitro benzene ring substituents is 1. The van der Waals surface area contributed by atoms with Gasteiger partial charge in [-0.25, -0.2) is 0 Å². The number of hydrogen-bond acceptors (Lipinski definition) is 5. The van der Waals surface area contributed by atoms with Crippen LogP contribution in [0.25, 0.3) is 0 Å². The molecular weight excluding hydrogens is 396 g/mol. The molecule has 3 aromatic rings. The molecule has 0 aliphatic heterocycles. The van der Waals surface area contributed by atoms with Crippen molar-refractivity contribution in [1.82, 2.24) is 0 Å². The van der Waals surface area contributed by atoms with Crippen molar-refractivity contribution >= 4 is 40.4 Å². The van der Waals surface area contributed by atoms with Gasteiger partial charge in [-0.1, -0.05) is 35.9 Å². The van der Waals surface area contributed by atoms with Crippen molar-refractivity contribution in [1.29, 1.82) is 0 Å². The molecule has 0 saturated heterocycles. The number of fused-ring (bicyclic) bond motifs is 2. The van der Waals surface area contributed by atoms with E-state index >= 15 is 0 Å². The Hall–Kier alpha value is -3.84. The second kappa shape index (κ2) is 6.96. The highest BCUT2D eigenvalue weighted by Gasteiger charge is 2.38. The third-order valence-corrected chi connectivity index (χ3v) is 4.85. The Morgan fingerprint density at radius 2 is 1.48 bits per heavy atom. The summed E-state index contributed by atoms with van der Waals surface area (Å²) in [4.78, 5) is 49.4. The van der Waals surface area contributed by atoms with E-state index in [9.17, 15) is 24.5 Å². The van der Waals surface area contributed by atoms with Crippen LogP contribution in [0.1, 0.15) is 42.2 Å². The van der Waals surface area contributed by atoms with Gasteiger partial charge in [-0.3, -0.25) is 24.5 Å². The van der Waals surface area contributed by atoms with Crippen molar-refractivity contribution in [3.8, 4) is 0 Å². The Morgan fingerprint density at radius 3 is 2.10 bits per heavy atom. The highest BCUT2D eigenvalue weighted by atomic mass is 35.5. The number of halogens is 1. The molecule has 0 radical (unpaired) electrons. The molecule has 29 heavy (non-hydrogen) atoms. The van der Waals surface area contributed by atoms with Crippen molar-refractivity contribution in [2.75, 3.05) is 5.32 Å². The summed E-state index contributed by atoms with van der Waals surface area (Å²) in [6, 6.07) is 14.7. The average molecular weight is 407 g/mol. The molecule has 0 unspecified atom stereocenters. The standard InChI is InChI=1S/C21H11ClN2O5/c22-11-5-7-12(8-6-11)23-21(27)16-10-9-15-17(18(16)24(28)29)20(26)14-4-2-1-3-13(14)19(15)25/h1-10H,(H,23,27). The van der Waals surface area contributed by atoms with E-state index in [1.165, 1.54) is 36.4 Å². The lowest BCUT2D eigenvalue weighted by molar-refractivity contribution is -0.385. The first-order valence-electron chi connectivity index (χ1n) is 8.45. The van der Waals surface area contributed by atoms with E-state index in [4.69, 9.17) is 11.6 Å². The molecule has 0 aromatic heterocycles. The van der Waals surface area contributed by atoms with Gasteiger partial charge in [-0.05, 0) is 36.4 Å². The fraction of sp³-hybridized carbons (Fsp3) is 0. The summed E-state index contributed by atoms with van der Waals surface area (Å²) in [6.07, 6.45) is 0. The molecular formula is C21H11ClN2O5. The molecule has 1 aliphatic rings. The van der Waals surface area contributed by atoms with Gasteiger partial charge in [0.1, 0.15) is 11.1 Å². The third kappa shape index (κ3) is 3.07. The van der Waals surface area contributed by atoms with Crippen LogP contribution in [0.3, 0.4) is 0 Å². The number of rotatable bonds is 3. The van der Waals surface area contributed by atoms with Gasteiger partial charge < -0.3 is 5.32 Å². The van der Waals surface area contributed by atoms with E-state index in [0.717, 1.165) is 0 Å². The second-order valence-electron chi connectivity index (χ2n) is 6.31. The maximum Gasteiger partial charge on any atom is 0.294 e. The Kier molecular flexibility index (Phi) is 4.44. The van der Waals surface area contributed by atoms with Gasteiger partial charge in [-0.15, -0.1) is 0 Å². The lowest BCUT2D eigenvalue weighted by atomic mass is 9.82. The summed E-state index contributed by atoms with van der Waals surface area (Å²) in [5.74, 6) is -1.94. The van der Waals surface area contributed by atoms with Gasteiger partial charge in [0.05, 0.1) is 4.92 Å². The Labute approximate surface area is 169 Å². The summed E-state index contributed by atoms with van der Waals surface area (Å²) in [7, 11) is 0. The Morgan fingerprint density at radius 1 is 0.862 bits per heavy atom. The summed E-state index contributed by atoms with van der Waals surface area (Å²) >= 11 is 5.81. The number of carbonyl (C=O) groups is 3. The number of hydrogen-bond donors (Lipinski definition) is 1. The maximum atomic E-state index is 12.9. The van der Waals surface area contributed by atoms with Crippen LogP contribution in [0.5, 0.6) is 0 Å². The van der Waals surface area contributed by atoms with Crippen LogP contribution in [0, 0.1) is 10.1 Å². The van der Waals surface area contributed by atoms with Crippen molar-refractivity contribution in [3.63, 3.8) is 0 Å². The van der Waals surface area contributed by atoms with Gasteiger partial charge >= 0.3 is 0 Å². The van der Waals surface area contributed by atoms with Crippen LogP contribution in [-0.2, 0) is 0 Å². The highest BCUT2D eigenvalue weighted by molar-refractivity contribution is 6.31. The number of ketones is 2. The van der Waals surface area contributed by atoms with Crippen LogP contribution < -0.4 is 5.32 Å². The molecule has 0 bridgehead atoms. The van der Waals surface area contributed by atoms with Gasteiger partial charge in [0.2, 0.25) is 5.78 Å². The predicted molar refractivity (Wildman–Crippen MR) is 106 cm³/mol. The number of nitrogens with one attached hydrogen (secondary N) is 1. The molecule has 4 rings (SSSR count). The molecule has 142 valence electrons. The zero-order chi connectivity index (χ0) is 20.7. The van der Waals surface area contributed by atoms with Crippen molar-refractivity contribution in [3.05, 3.63) is 104 Å². The summed E-state index contributed by atoms with van der Waals surface area (Å²) in [6.45, 7) is 0. The summed E-state index contributed by atoms with van der Waals surface area (Å²) < 4.78 is 0. The quantitative estimate of drug-likeness (QED) is 0.403. The topological polar surface area (TPSA) is 106 Å². The minimum absolute atomic E-state index is 0.0726. The minimum atomic E-state index is -0.811. The second-order valence-corrected chi connectivity index (χ2v) is 6.74. The largest absolute Gasteiger partial charge is 0.322 e. The van der Waals surface area contributed by atoms with E-state index in [1.807, 2.05) is 0 Å². The zero-order valence-electron chi connectivity index (χ0n) is 14.6. The molecule has 8 heteroatoms. The number of benzene rings is 3. The SMILES string of the molecule is O=C1c2ccccc2C(=O)c2c1ccc(C(=O)Nc1ccc(Cl)cc1)c2[N+](=O)[O-]. The average Bonchev–Trinajstić information content (AvgIpc) is 2.72. The molecule has 0 spiro atoms. The molecule has 1 amide bonds. The summed E-state index contributed by atoms with van der Waals surface area (Å²) in [5.41, 5.74) is -0.850. The van der Waals surface area contributed by atoms with Crippen LogP contribution in [0.15, 0.2) is 60.7 Å². The van der Waals surface area contributed by atoms with E-state index in [0.29, 0.717) is 10.7 Å².